The van der Waals surface area contributed by atoms with Gasteiger partial charge in [-0.15, -0.1) is 0 Å². The summed E-state index contributed by atoms with van der Waals surface area (Å²) in [6.07, 6.45) is 3.75. The number of pyridine rings is 1. The SMILES string of the molecule is O=C(c1ccc[n+](CCCS(=O)(=O)O)c1)N1CCOCC1. The zero-order chi connectivity index (χ0) is 15.3. The lowest BCUT2D eigenvalue weighted by Crippen LogP contribution is -2.42. The van der Waals surface area contributed by atoms with E-state index in [4.69, 9.17) is 9.29 Å². The zero-order valence-electron chi connectivity index (χ0n) is 11.6. The van der Waals surface area contributed by atoms with Gasteiger partial charge in [0.2, 0.25) is 0 Å². The van der Waals surface area contributed by atoms with Crippen LogP contribution in [0.5, 0.6) is 0 Å². The van der Waals surface area contributed by atoms with Gasteiger partial charge < -0.3 is 9.64 Å². The number of aryl methyl sites for hydroxylation is 1. The van der Waals surface area contributed by atoms with E-state index in [0.717, 1.165) is 0 Å². The van der Waals surface area contributed by atoms with Crippen LogP contribution in [-0.2, 0) is 21.4 Å². The second-order valence-electron chi connectivity index (χ2n) is 4.87. The van der Waals surface area contributed by atoms with Gasteiger partial charge in [0.05, 0.1) is 19.0 Å². The summed E-state index contributed by atoms with van der Waals surface area (Å²) < 4.78 is 37.0. The van der Waals surface area contributed by atoms with Gasteiger partial charge in [-0.25, -0.2) is 4.57 Å². The summed E-state index contributed by atoms with van der Waals surface area (Å²) in [7, 11) is -3.94. The maximum absolute atomic E-state index is 12.3. The third-order valence-electron chi connectivity index (χ3n) is 3.22. The Morgan fingerprint density at radius 2 is 2.10 bits per heavy atom. The Bertz CT molecular complexity index is 596. The summed E-state index contributed by atoms with van der Waals surface area (Å²) in [6, 6.07) is 3.48. The Hall–Kier alpha value is -1.51. The minimum absolute atomic E-state index is 0.0533. The van der Waals surface area contributed by atoms with Gasteiger partial charge in [0, 0.05) is 25.6 Å². The number of carbonyl (C=O) groups excluding carboxylic acids is 1. The van der Waals surface area contributed by atoms with E-state index in [2.05, 4.69) is 0 Å². The molecule has 0 aliphatic carbocycles. The molecule has 116 valence electrons. The van der Waals surface area contributed by atoms with Gasteiger partial charge in [0.15, 0.2) is 12.4 Å². The van der Waals surface area contributed by atoms with Gasteiger partial charge >= 0.3 is 0 Å². The molecule has 0 saturated carbocycles. The molecule has 2 heterocycles. The summed E-state index contributed by atoms with van der Waals surface area (Å²) in [5.41, 5.74) is 0.561. The van der Waals surface area contributed by atoms with E-state index in [-0.39, 0.29) is 11.7 Å². The fourth-order valence-electron chi connectivity index (χ4n) is 2.17. The highest BCUT2D eigenvalue weighted by molar-refractivity contribution is 7.85. The molecule has 1 aliphatic rings. The maximum Gasteiger partial charge on any atom is 0.265 e. The van der Waals surface area contributed by atoms with E-state index in [1.54, 1.807) is 34.0 Å². The third-order valence-corrected chi connectivity index (χ3v) is 4.03. The number of hydrogen-bond donors (Lipinski definition) is 1. The molecule has 0 atom stereocenters. The number of hydrogen-bond acceptors (Lipinski definition) is 4. The van der Waals surface area contributed by atoms with Crippen molar-refractivity contribution in [1.29, 1.82) is 0 Å². The highest BCUT2D eigenvalue weighted by atomic mass is 32.2. The first-order chi connectivity index (χ1) is 9.96. The summed E-state index contributed by atoms with van der Waals surface area (Å²) in [6.45, 7) is 2.68. The Kier molecular flexibility index (Phi) is 5.27. The van der Waals surface area contributed by atoms with Crippen LogP contribution in [0.2, 0.25) is 0 Å². The molecule has 1 aromatic rings. The number of amides is 1. The number of carbonyl (C=O) groups is 1. The minimum atomic E-state index is -3.94. The first-order valence-corrected chi connectivity index (χ1v) is 8.38. The fraction of sp³-hybridized carbons (Fsp3) is 0.538. The third kappa shape index (κ3) is 5.07. The van der Waals surface area contributed by atoms with Crippen LogP contribution in [0, 0.1) is 0 Å². The van der Waals surface area contributed by atoms with E-state index in [9.17, 15) is 13.2 Å². The molecule has 7 nitrogen and oxygen atoms in total. The molecule has 0 radical (unpaired) electrons. The Labute approximate surface area is 123 Å². The summed E-state index contributed by atoms with van der Waals surface area (Å²) >= 11 is 0. The van der Waals surface area contributed by atoms with Crippen LogP contribution >= 0.6 is 0 Å². The van der Waals surface area contributed by atoms with Crippen molar-refractivity contribution in [2.45, 2.75) is 13.0 Å². The molecular formula is C13H19N2O5S+. The minimum Gasteiger partial charge on any atom is -0.378 e. The maximum atomic E-state index is 12.3. The smallest absolute Gasteiger partial charge is 0.265 e. The van der Waals surface area contributed by atoms with Gasteiger partial charge in [-0.05, 0) is 6.07 Å². The van der Waals surface area contributed by atoms with Crippen molar-refractivity contribution in [3.63, 3.8) is 0 Å². The highest BCUT2D eigenvalue weighted by Gasteiger charge is 2.20. The van der Waals surface area contributed by atoms with Crippen molar-refractivity contribution in [2.24, 2.45) is 0 Å². The molecule has 0 spiro atoms. The molecule has 0 aromatic carbocycles. The normalized spacial score (nSPS) is 16.0. The lowest BCUT2D eigenvalue weighted by Gasteiger charge is -2.26. The van der Waals surface area contributed by atoms with Crippen molar-refractivity contribution in [3.05, 3.63) is 30.1 Å². The van der Waals surface area contributed by atoms with Gasteiger partial charge in [-0.2, -0.15) is 8.42 Å². The van der Waals surface area contributed by atoms with Crippen molar-refractivity contribution in [2.75, 3.05) is 32.1 Å². The van der Waals surface area contributed by atoms with Crippen molar-refractivity contribution < 1.29 is 27.1 Å². The molecular weight excluding hydrogens is 296 g/mol. The van der Waals surface area contributed by atoms with Crippen molar-refractivity contribution >= 4 is 16.0 Å². The Morgan fingerprint density at radius 3 is 2.76 bits per heavy atom. The van der Waals surface area contributed by atoms with E-state index in [1.807, 2.05) is 0 Å². The average molecular weight is 315 g/mol. The molecule has 1 fully saturated rings. The van der Waals surface area contributed by atoms with Crippen molar-refractivity contribution in [1.82, 2.24) is 4.90 Å². The Balaban J connectivity index is 1.98. The lowest BCUT2D eigenvalue weighted by molar-refractivity contribution is -0.697. The molecule has 2 rings (SSSR count). The van der Waals surface area contributed by atoms with Crippen LogP contribution in [0.4, 0.5) is 0 Å². The summed E-state index contributed by atoms with van der Waals surface area (Å²) in [5, 5.41) is 0. The molecule has 0 unspecified atom stereocenters. The quantitative estimate of drug-likeness (QED) is 0.597. The van der Waals surface area contributed by atoms with Crippen LogP contribution in [0.3, 0.4) is 0 Å². The fourth-order valence-corrected chi connectivity index (χ4v) is 2.66. The largest absolute Gasteiger partial charge is 0.378 e. The van der Waals surface area contributed by atoms with Crippen LogP contribution in [0.25, 0.3) is 0 Å². The topological polar surface area (TPSA) is 87.8 Å². The van der Waals surface area contributed by atoms with Crippen LogP contribution in [0.15, 0.2) is 24.5 Å². The van der Waals surface area contributed by atoms with Crippen LogP contribution < -0.4 is 4.57 Å². The number of ether oxygens (including phenoxy) is 1. The average Bonchev–Trinajstić information content (AvgIpc) is 2.46. The van der Waals surface area contributed by atoms with Crippen LogP contribution in [0.1, 0.15) is 16.8 Å². The second-order valence-corrected chi connectivity index (χ2v) is 6.45. The predicted octanol–water partition coefficient (Wildman–Crippen LogP) is -0.276. The molecule has 21 heavy (non-hydrogen) atoms. The van der Waals surface area contributed by atoms with Crippen LogP contribution in [-0.4, -0.2) is 55.8 Å². The molecule has 1 N–H and O–H groups in total. The molecule has 0 bridgehead atoms. The standard InChI is InChI=1S/C13H18N2O5S/c16-13(15-6-8-20-9-7-15)12-3-1-4-14(11-12)5-2-10-21(17,18)19/h1,3-4,11H,2,5-10H2/p+1. The number of rotatable bonds is 5. The van der Waals surface area contributed by atoms with Gasteiger partial charge in [-0.3, -0.25) is 9.35 Å². The molecule has 1 saturated heterocycles. The predicted molar refractivity (Wildman–Crippen MR) is 74.4 cm³/mol. The molecule has 1 aromatic heterocycles. The first-order valence-electron chi connectivity index (χ1n) is 6.77. The van der Waals surface area contributed by atoms with Gasteiger partial charge in [0.25, 0.3) is 16.0 Å². The molecule has 1 amide bonds. The zero-order valence-corrected chi connectivity index (χ0v) is 12.5. The number of morpholine rings is 1. The van der Waals surface area contributed by atoms with Gasteiger partial charge in [0.1, 0.15) is 12.1 Å². The monoisotopic (exact) mass is 315 g/mol. The van der Waals surface area contributed by atoms with E-state index in [0.29, 0.717) is 44.8 Å². The van der Waals surface area contributed by atoms with E-state index >= 15 is 0 Å². The number of aromatic nitrogens is 1. The summed E-state index contributed by atoms with van der Waals surface area (Å²) in [5.74, 6) is -0.343. The highest BCUT2D eigenvalue weighted by Crippen LogP contribution is 2.05. The summed E-state index contributed by atoms with van der Waals surface area (Å²) in [4.78, 5) is 14.0. The van der Waals surface area contributed by atoms with Gasteiger partial charge in [-0.1, -0.05) is 0 Å². The number of nitrogens with zero attached hydrogens (tertiary/aromatic N) is 2. The second kappa shape index (κ2) is 6.97. The first kappa shape index (κ1) is 15.9. The van der Waals surface area contributed by atoms with E-state index in [1.165, 1.54) is 0 Å². The van der Waals surface area contributed by atoms with Crippen molar-refractivity contribution in [3.8, 4) is 0 Å². The molecule has 8 heteroatoms. The lowest BCUT2D eigenvalue weighted by atomic mass is 10.2. The Morgan fingerprint density at radius 1 is 1.38 bits per heavy atom. The molecule has 1 aliphatic heterocycles. The van der Waals surface area contributed by atoms with E-state index < -0.39 is 10.1 Å².